The van der Waals surface area contributed by atoms with Gasteiger partial charge in [0.05, 0.1) is 0 Å². The van der Waals surface area contributed by atoms with Crippen molar-refractivity contribution in [1.82, 2.24) is 0 Å². The predicted octanol–water partition coefficient (Wildman–Crippen LogP) is 3.10. The lowest BCUT2D eigenvalue weighted by molar-refractivity contribution is 0.0232. The van der Waals surface area contributed by atoms with Gasteiger partial charge in [-0.25, -0.2) is 0 Å². The molecular formula is C14H27NO. The zero-order valence-electron chi connectivity index (χ0n) is 10.7. The van der Waals surface area contributed by atoms with Gasteiger partial charge in [0.25, 0.3) is 0 Å². The Hall–Kier alpha value is -0.0800. The van der Waals surface area contributed by atoms with Gasteiger partial charge in [0.2, 0.25) is 0 Å². The van der Waals surface area contributed by atoms with Crippen molar-refractivity contribution in [3.63, 3.8) is 0 Å². The molecule has 0 radical (unpaired) electrons. The number of rotatable bonds is 3. The molecule has 16 heavy (non-hydrogen) atoms. The first-order valence-corrected chi connectivity index (χ1v) is 7.11. The van der Waals surface area contributed by atoms with Crippen molar-refractivity contribution in [2.24, 2.45) is 17.6 Å². The van der Waals surface area contributed by atoms with Crippen molar-refractivity contribution in [2.75, 3.05) is 13.2 Å². The normalized spacial score (nSPS) is 37.5. The second-order valence-electron chi connectivity index (χ2n) is 5.85. The minimum Gasteiger partial charge on any atom is -0.381 e. The Morgan fingerprint density at radius 3 is 2.31 bits per heavy atom. The minimum atomic E-state index is 0.147. The molecule has 1 saturated carbocycles. The second-order valence-corrected chi connectivity index (χ2v) is 5.85. The number of hydrogen-bond donors (Lipinski definition) is 1. The van der Waals surface area contributed by atoms with E-state index in [9.17, 15) is 0 Å². The Balaban J connectivity index is 1.84. The Morgan fingerprint density at radius 2 is 1.75 bits per heavy atom. The standard InChI is InChI=1S/C14H27NO/c1-2-3-12-4-8-14(15,9-5-12)13-6-10-16-11-7-13/h12-13H,2-11,15H2,1H3. The monoisotopic (exact) mass is 225 g/mol. The number of ether oxygens (including phenoxy) is 1. The van der Waals surface area contributed by atoms with Crippen molar-refractivity contribution in [1.29, 1.82) is 0 Å². The Morgan fingerprint density at radius 1 is 1.12 bits per heavy atom. The maximum atomic E-state index is 6.64. The molecule has 2 aliphatic rings. The van der Waals surface area contributed by atoms with Crippen LogP contribution < -0.4 is 5.73 Å². The van der Waals surface area contributed by atoms with Crippen LogP contribution in [0.15, 0.2) is 0 Å². The molecule has 2 nitrogen and oxygen atoms in total. The first-order valence-electron chi connectivity index (χ1n) is 7.11. The molecule has 2 fully saturated rings. The van der Waals surface area contributed by atoms with Crippen molar-refractivity contribution in [3.8, 4) is 0 Å². The number of hydrogen-bond acceptors (Lipinski definition) is 2. The molecule has 0 atom stereocenters. The molecule has 2 rings (SSSR count). The van der Waals surface area contributed by atoms with Crippen LogP contribution in [0.2, 0.25) is 0 Å². The van der Waals surface area contributed by atoms with E-state index in [1.54, 1.807) is 0 Å². The van der Waals surface area contributed by atoms with Gasteiger partial charge in [-0.15, -0.1) is 0 Å². The highest BCUT2D eigenvalue weighted by Gasteiger charge is 2.38. The van der Waals surface area contributed by atoms with Gasteiger partial charge in [-0.3, -0.25) is 0 Å². The topological polar surface area (TPSA) is 35.2 Å². The lowest BCUT2D eigenvalue weighted by atomic mass is 9.67. The van der Waals surface area contributed by atoms with E-state index < -0.39 is 0 Å². The molecule has 0 spiro atoms. The highest BCUT2D eigenvalue weighted by molar-refractivity contribution is 4.95. The zero-order valence-corrected chi connectivity index (χ0v) is 10.7. The summed E-state index contributed by atoms with van der Waals surface area (Å²) in [4.78, 5) is 0. The Labute approximate surface area is 99.9 Å². The van der Waals surface area contributed by atoms with Gasteiger partial charge in [0.15, 0.2) is 0 Å². The molecule has 1 aliphatic carbocycles. The van der Waals surface area contributed by atoms with Gasteiger partial charge in [-0.1, -0.05) is 19.8 Å². The lowest BCUT2D eigenvalue weighted by Crippen LogP contribution is -2.51. The second kappa shape index (κ2) is 5.50. The summed E-state index contributed by atoms with van der Waals surface area (Å²) >= 11 is 0. The fraction of sp³-hybridized carbons (Fsp3) is 1.00. The maximum absolute atomic E-state index is 6.64. The summed E-state index contributed by atoms with van der Waals surface area (Å²) in [6.45, 7) is 4.16. The van der Waals surface area contributed by atoms with Crippen molar-refractivity contribution < 1.29 is 4.74 Å². The zero-order chi connectivity index (χ0) is 11.4. The smallest absolute Gasteiger partial charge is 0.0469 e. The van der Waals surface area contributed by atoms with Gasteiger partial charge in [-0.2, -0.15) is 0 Å². The van der Waals surface area contributed by atoms with Gasteiger partial charge in [-0.05, 0) is 50.4 Å². The van der Waals surface area contributed by atoms with Gasteiger partial charge in [0, 0.05) is 18.8 Å². The molecule has 0 aromatic rings. The quantitative estimate of drug-likeness (QED) is 0.801. The highest BCUT2D eigenvalue weighted by atomic mass is 16.5. The van der Waals surface area contributed by atoms with Crippen LogP contribution in [0.5, 0.6) is 0 Å². The average molecular weight is 225 g/mol. The van der Waals surface area contributed by atoms with E-state index in [2.05, 4.69) is 6.92 Å². The summed E-state index contributed by atoms with van der Waals surface area (Å²) in [7, 11) is 0. The van der Waals surface area contributed by atoms with E-state index in [1.807, 2.05) is 0 Å². The van der Waals surface area contributed by atoms with Crippen molar-refractivity contribution >= 4 is 0 Å². The van der Waals surface area contributed by atoms with Crippen LogP contribution in [0.3, 0.4) is 0 Å². The van der Waals surface area contributed by atoms with Gasteiger partial charge >= 0.3 is 0 Å². The van der Waals surface area contributed by atoms with Crippen LogP contribution in [0.1, 0.15) is 58.3 Å². The molecule has 0 unspecified atom stereocenters. The third-order valence-corrected chi connectivity index (χ3v) is 4.77. The molecule has 0 bridgehead atoms. The summed E-state index contributed by atoms with van der Waals surface area (Å²) in [6.07, 6.45) is 10.3. The molecule has 0 aromatic carbocycles. The largest absolute Gasteiger partial charge is 0.381 e. The third-order valence-electron chi connectivity index (χ3n) is 4.77. The summed E-state index contributed by atoms with van der Waals surface area (Å²) in [5.41, 5.74) is 6.78. The molecule has 0 amide bonds. The van der Waals surface area contributed by atoms with Crippen LogP contribution in [0, 0.1) is 11.8 Å². The van der Waals surface area contributed by atoms with Crippen LogP contribution >= 0.6 is 0 Å². The fourth-order valence-electron chi connectivity index (χ4n) is 3.59. The van der Waals surface area contributed by atoms with E-state index >= 15 is 0 Å². The Bertz CT molecular complexity index is 203. The molecule has 2 N–H and O–H groups in total. The highest BCUT2D eigenvalue weighted by Crippen LogP contribution is 2.40. The fourth-order valence-corrected chi connectivity index (χ4v) is 3.59. The molecular weight excluding hydrogens is 198 g/mol. The van der Waals surface area contributed by atoms with E-state index in [1.165, 1.54) is 51.4 Å². The predicted molar refractivity (Wildman–Crippen MR) is 67.3 cm³/mol. The van der Waals surface area contributed by atoms with Crippen LogP contribution in [0.25, 0.3) is 0 Å². The third kappa shape index (κ3) is 2.78. The van der Waals surface area contributed by atoms with Crippen LogP contribution in [-0.2, 0) is 4.74 Å². The summed E-state index contributed by atoms with van der Waals surface area (Å²) in [6, 6.07) is 0. The molecule has 2 heteroatoms. The SMILES string of the molecule is CCCC1CCC(N)(C2CCOCC2)CC1. The maximum Gasteiger partial charge on any atom is 0.0469 e. The van der Waals surface area contributed by atoms with E-state index in [0.29, 0.717) is 0 Å². The van der Waals surface area contributed by atoms with Crippen LogP contribution in [0.4, 0.5) is 0 Å². The molecule has 0 aromatic heterocycles. The Kier molecular flexibility index (Phi) is 4.26. The van der Waals surface area contributed by atoms with E-state index in [0.717, 1.165) is 25.0 Å². The first-order chi connectivity index (χ1) is 7.74. The molecule has 1 saturated heterocycles. The van der Waals surface area contributed by atoms with Gasteiger partial charge in [0.1, 0.15) is 0 Å². The van der Waals surface area contributed by atoms with Crippen molar-refractivity contribution in [2.45, 2.75) is 63.8 Å². The number of nitrogens with two attached hydrogens (primary N) is 1. The van der Waals surface area contributed by atoms with Gasteiger partial charge < -0.3 is 10.5 Å². The summed E-state index contributed by atoms with van der Waals surface area (Å²) in [5.74, 6) is 1.69. The minimum absolute atomic E-state index is 0.147. The average Bonchev–Trinajstić information content (AvgIpc) is 2.34. The lowest BCUT2D eigenvalue weighted by Gasteiger charge is -2.44. The molecule has 1 aliphatic heterocycles. The summed E-state index contributed by atoms with van der Waals surface area (Å²) in [5, 5.41) is 0. The first kappa shape index (κ1) is 12.4. The van der Waals surface area contributed by atoms with Crippen molar-refractivity contribution in [3.05, 3.63) is 0 Å². The molecule has 1 heterocycles. The van der Waals surface area contributed by atoms with Crippen LogP contribution in [-0.4, -0.2) is 18.8 Å². The van der Waals surface area contributed by atoms with E-state index in [-0.39, 0.29) is 5.54 Å². The summed E-state index contributed by atoms with van der Waals surface area (Å²) < 4.78 is 5.44. The van der Waals surface area contributed by atoms with E-state index in [4.69, 9.17) is 10.5 Å². The molecule has 94 valence electrons.